The summed E-state index contributed by atoms with van der Waals surface area (Å²) >= 11 is 0. The van der Waals surface area contributed by atoms with E-state index < -0.39 is 6.10 Å². The van der Waals surface area contributed by atoms with Crippen LogP contribution in [0.1, 0.15) is 56.5 Å². The molecule has 1 heterocycles. The minimum Gasteiger partial charge on any atom is -0.461 e. The van der Waals surface area contributed by atoms with E-state index in [4.69, 9.17) is 4.42 Å². The minimum absolute atomic E-state index is 0.115. The Morgan fingerprint density at radius 2 is 2.14 bits per heavy atom. The Morgan fingerprint density at radius 3 is 2.86 bits per heavy atom. The zero-order valence-electron chi connectivity index (χ0n) is 12.4. The number of aliphatic hydroxyl groups excluding tert-OH is 1. The lowest BCUT2D eigenvalue weighted by Crippen LogP contribution is -2.44. The molecule has 0 saturated heterocycles. The minimum atomic E-state index is -0.414. The highest BCUT2D eigenvalue weighted by atomic mass is 16.3. The van der Waals surface area contributed by atoms with E-state index in [1.54, 1.807) is 6.08 Å². The second-order valence-electron chi connectivity index (χ2n) is 6.36. The second kappa shape index (κ2) is 6.06. The van der Waals surface area contributed by atoms with E-state index in [-0.39, 0.29) is 11.9 Å². The van der Waals surface area contributed by atoms with Gasteiger partial charge in [-0.15, -0.1) is 0 Å². The van der Waals surface area contributed by atoms with Crippen LogP contribution >= 0.6 is 0 Å². The Balaban J connectivity index is 1.53. The monoisotopic (exact) mass is 289 g/mol. The molecule has 1 amide bonds. The lowest BCUT2D eigenvalue weighted by Gasteiger charge is -2.27. The van der Waals surface area contributed by atoms with E-state index in [2.05, 4.69) is 12.2 Å². The van der Waals surface area contributed by atoms with Gasteiger partial charge < -0.3 is 14.8 Å². The first-order valence-electron chi connectivity index (χ1n) is 7.90. The number of hydrogen-bond donors (Lipinski definition) is 2. The van der Waals surface area contributed by atoms with Gasteiger partial charge >= 0.3 is 0 Å². The van der Waals surface area contributed by atoms with Crippen LogP contribution in [0.2, 0.25) is 0 Å². The molecule has 114 valence electrons. The van der Waals surface area contributed by atoms with Crippen LogP contribution < -0.4 is 5.32 Å². The third kappa shape index (κ3) is 3.56. The normalized spacial score (nSPS) is 32.3. The van der Waals surface area contributed by atoms with E-state index in [0.29, 0.717) is 17.6 Å². The van der Waals surface area contributed by atoms with Crippen LogP contribution in [0.25, 0.3) is 6.08 Å². The number of carbonyl (C=O) groups is 1. The molecule has 21 heavy (non-hydrogen) atoms. The molecule has 2 unspecified atom stereocenters. The van der Waals surface area contributed by atoms with Gasteiger partial charge in [0.05, 0.1) is 12.1 Å². The van der Waals surface area contributed by atoms with Crippen molar-refractivity contribution in [3.63, 3.8) is 0 Å². The highest BCUT2D eigenvalue weighted by molar-refractivity contribution is 5.91. The van der Waals surface area contributed by atoms with Crippen LogP contribution in [0, 0.1) is 5.92 Å². The van der Waals surface area contributed by atoms with Crippen LogP contribution in [-0.4, -0.2) is 23.2 Å². The summed E-state index contributed by atoms with van der Waals surface area (Å²) in [5, 5.41) is 12.7. The third-order valence-electron chi connectivity index (χ3n) is 4.58. The van der Waals surface area contributed by atoms with E-state index in [1.165, 1.54) is 12.5 Å². The van der Waals surface area contributed by atoms with Gasteiger partial charge in [0, 0.05) is 12.0 Å². The van der Waals surface area contributed by atoms with Crippen molar-refractivity contribution < 1.29 is 14.3 Å². The molecule has 2 aliphatic rings. The third-order valence-corrected chi connectivity index (χ3v) is 4.58. The fourth-order valence-corrected chi connectivity index (χ4v) is 3.04. The standard InChI is InChI=1S/C17H23NO3/c1-11-10-13(11)16-8-6-12(21-16)7-9-17(20)18-14-4-2-3-5-15(14)19/h6-9,11,13-15,19H,2-5,10H2,1H3,(H,18,20)/b9-7+/t11?,13?,14-,15-/m0/s1. The molecule has 4 heteroatoms. The maximum atomic E-state index is 11.9. The maximum absolute atomic E-state index is 11.9. The van der Waals surface area contributed by atoms with Crippen molar-refractivity contribution in [1.82, 2.24) is 5.32 Å². The molecular formula is C17H23NO3. The highest BCUT2D eigenvalue weighted by Crippen LogP contribution is 2.47. The SMILES string of the molecule is CC1CC1c1ccc(/C=C/C(=O)N[C@H]2CCCC[C@@H]2O)o1. The van der Waals surface area contributed by atoms with Gasteiger partial charge in [0.25, 0.3) is 0 Å². The number of rotatable bonds is 4. The first-order chi connectivity index (χ1) is 10.1. The van der Waals surface area contributed by atoms with Crippen LogP contribution in [0.5, 0.6) is 0 Å². The smallest absolute Gasteiger partial charge is 0.244 e. The summed E-state index contributed by atoms with van der Waals surface area (Å²) < 4.78 is 5.72. The number of nitrogens with one attached hydrogen (secondary N) is 1. The first-order valence-corrected chi connectivity index (χ1v) is 7.90. The van der Waals surface area contributed by atoms with Crippen molar-refractivity contribution in [2.24, 2.45) is 5.92 Å². The van der Waals surface area contributed by atoms with Crippen molar-refractivity contribution >= 4 is 12.0 Å². The summed E-state index contributed by atoms with van der Waals surface area (Å²) in [5.74, 6) is 2.83. The molecule has 1 aromatic rings. The Labute approximate surface area is 125 Å². The molecular weight excluding hydrogens is 266 g/mol. The molecule has 2 aliphatic carbocycles. The molecule has 3 rings (SSSR count). The predicted octanol–water partition coefficient (Wildman–Crippen LogP) is 2.84. The molecule has 2 N–H and O–H groups in total. The van der Waals surface area contributed by atoms with Crippen LogP contribution in [0.4, 0.5) is 0 Å². The van der Waals surface area contributed by atoms with Gasteiger partial charge in [-0.05, 0) is 43.4 Å². The van der Waals surface area contributed by atoms with Crippen LogP contribution in [0.15, 0.2) is 22.6 Å². The van der Waals surface area contributed by atoms with E-state index in [0.717, 1.165) is 31.4 Å². The summed E-state index contributed by atoms with van der Waals surface area (Å²) in [6.45, 7) is 2.21. The molecule has 1 aromatic heterocycles. The average Bonchev–Trinajstić information content (AvgIpc) is 3.01. The van der Waals surface area contributed by atoms with Crippen molar-refractivity contribution in [3.8, 4) is 0 Å². The second-order valence-corrected chi connectivity index (χ2v) is 6.36. The number of carbonyl (C=O) groups excluding carboxylic acids is 1. The first kappa shape index (κ1) is 14.4. The van der Waals surface area contributed by atoms with E-state index in [9.17, 15) is 9.90 Å². The van der Waals surface area contributed by atoms with Gasteiger partial charge in [-0.1, -0.05) is 19.8 Å². The van der Waals surface area contributed by atoms with Crippen LogP contribution in [0.3, 0.4) is 0 Å². The lowest BCUT2D eigenvalue weighted by molar-refractivity contribution is -0.118. The fraction of sp³-hybridized carbons (Fsp3) is 0.588. The van der Waals surface area contributed by atoms with Crippen molar-refractivity contribution in [1.29, 1.82) is 0 Å². The Kier molecular flexibility index (Phi) is 4.15. The van der Waals surface area contributed by atoms with E-state index >= 15 is 0 Å². The van der Waals surface area contributed by atoms with Crippen LogP contribution in [-0.2, 0) is 4.79 Å². The zero-order chi connectivity index (χ0) is 14.8. The summed E-state index contributed by atoms with van der Waals surface area (Å²) in [5.41, 5.74) is 0. The highest BCUT2D eigenvalue weighted by Gasteiger charge is 2.36. The number of aliphatic hydroxyl groups is 1. The summed E-state index contributed by atoms with van der Waals surface area (Å²) in [7, 11) is 0. The van der Waals surface area contributed by atoms with Crippen molar-refractivity contribution in [2.75, 3.05) is 0 Å². The zero-order valence-corrected chi connectivity index (χ0v) is 12.4. The molecule has 4 nitrogen and oxygen atoms in total. The Hall–Kier alpha value is -1.55. The molecule has 0 radical (unpaired) electrons. The number of amides is 1. The van der Waals surface area contributed by atoms with Gasteiger partial charge in [0.15, 0.2) is 0 Å². The Morgan fingerprint density at radius 1 is 1.38 bits per heavy atom. The molecule has 2 fully saturated rings. The largest absolute Gasteiger partial charge is 0.461 e. The summed E-state index contributed by atoms with van der Waals surface area (Å²) in [6, 6.07) is 3.78. The molecule has 2 saturated carbocycles. The van der Waals surface area contributed by atoms with Gasteiger partial charge in [-0.2, -0.15) is 0 Å². The van der Waals surface area contributed by atoms with Gasteiger partial charge in [-0.3, -0.25) is 4.79 Å². The number of hydrogen-bond acceptors (Lipinski definition) is 3. The topological polar surface area (TPSA) is 62.5 Å². The molecule has 0 aliphatic heterocycles. The quantitative estimate of drug-likeness (QED) is 0.838. The van der Waals surface area contributed by atoms with Gasteiger partial charge in [0.2, 0.25) is 5.91 Å². The van der Waals surface area contributed by atoms with Crippen molar-refractivity contribution in [3.05, 3.63) is 29.7 Å². The number of furan rings is 1. The summed E-state index contributed by atoms with van der Waals surface area (Å²) in [4.78, 5) is 11.9. The molecule has 4 atom stereocenters. The molecule has 0 spiro atoms. The summed E-state index contributed by atoms with van der Waals surface area (Å²) in [6.07, 6.45) is 7.69. The maximum Gasteiger partial charge on any atom is 0.244 e. The van der Waals surface area contributed by atoms with Gasteiger partial charge in [0.1, 0.15) is 11.5 Å². The fourth-order valence-electron chi connectivity index (χ4n) is 3.04. The molecule has 0 aromatic carbocycles. The Bertz CT molecular complexity index is 534. The molecule has 0 bridgehead atoms. The van der Waals surface area contributed by atoms with Crippen molar-refractivity contribution in [2.45, 2.75) is 57.1 Å². The van der Waals surface area contributed by atoms with E-state index in [1.807, 2.05) is 12.1 Å². The average molecular weight is 289 g/mol. The van der Waals surface area contributed by atoms with Gasteiger partial charge in [-0.25, -0.2) is 0 Å². The lowest BCUT2D eigenvalue weighted by atomic mass is 9.92. The predicted molar refractivity (Wildman–Crippen MR) is 80.7 cm³/mol.